The van der Waals surface area contributed by atoms with Gasteiger partial charge in [0.2, 0.25) is 0 Å². The lowest BCUT2D eigenvalue weighted by atomic mass is 9.87. The highest BCUT2D eigenvalue weighted by atomic mass is 79.9. The van der Waals surface area contributed by atoms with Crippen LogP contribution >= 0.6 is 15.9 Å². The molecule has 4 rings (SSSR count). The zero-order chi connectivity index (χ0) is 21.3. The highest BCUT2D eigenvalue weighted by molar-refractivity contribution is 9.10. The van der Waals surface area contributed by atoms with Crippen LogP contribution in [-0.4, -0.2) is 21.1 Å². The van der Waals surface area contributed by atoms with Gasteiger partial charge in [0.1, 0.15) is 5.82 Å². The van der Waals surface area contributed by atoms with Crippen molar-refractivity contribution in [2.24, 2.45) is 0 Å². The molecule has 152 valence electrons. The van der Waals surface area contributed by atoms with Gasteiger partial charge in [-0.05, 0) is 63.3 Å². The van der Waals surface area contributed by atoms with Crippen molar-refractivity contribution < 1.29 is 4.79 Å². The number of hydrogen-bond acceptors (Lipinski definition) is 4. The average molecular weight is 464 g/mol. The van der Waals surface area contributed by atoms with Gasteiger partial charge in [0.25, 0.3) is 5.91 Å². The first-order chi connectivity index (χ1) is 14.3. The number of anilines is 3. The molecule has 3 N–H and O–H groups in total. The average Bonchev–Trinajstić information content (AvgIpc) is 3.20. The fraction of sp³-hybridized carbons (Fsp3) is 0.174. The van der Waals surface area contributed by atoms with Gasteiger partial charge in [-0.3, -0.25) is 9.89 Å². The van der Waals surface area contributed by atoms with Gasteiger partial charge >= 0.3 is 0 Å². The van der Waals surface area contributed by atoms with Crippen LogP contribution in [-0.2, 0) is 5.41 Å². The summed E-state index contributed by atoms with van der Waals surface area (Å²) in [6.45, 7) is 6.48. The molecule has 0 saturated heterocycles. The number of halogens is 1. The van der Waals surface area contributed by atoms with E-state index in [9.17, 15) is 4.79 Å². The van der Waals surface area contributed by atoms with E-state index in [1.807, 2.05) is 36.4 Å². The lowest BCUT2D eigenvalue weighted by Gasteiger charge is -2.19. The van der Waals surface area contributed by atoms with Gasteiger partial charge in [-0.1, -0.05) is 32.9 Å². The highest BCUT2D eigenvalue weighted by Gasteiger charge is 2.16. The topological polar surface area (TPSA) is 82.7 Å². The van der Waals surface area contributed by atoms with Crippen LogP contribution in [0, 0.1) is 0 Å². The number of carbonyl (C=O) groups excluding carboxylic acids is 1. The maximum absolute atomic E-state index is 12.9. The van der Waals surface area contributed by atoms with Crippen LogP contribution in [0.4, 0.5) is 17.2 Å². The first kappa shape index (κ1) is 20.1. The van der Waals surface area contributed by atoms with Gasteiger partial charge in [0, 0.05) is 17.3 Å². The van der Waals surface area contributed by atoms with Gasteiger partial charge in [-0.2, -0.15) is 5.10 Å². The molecule has 2 aromatic heterocycles. The molecule has 2 aromatic carbocycles. The number of aromatic nitrogens is 3. The minimum Gasteiger partial charge on any atom is -0.339 e. The van der Waals surface area contributed by atoms with E-state index in [0.29, 0.717) is 11.4 Å². The molecule has 7 heteroatoms. The maximum atomic E-state index is 12.9. The summed E-state index contributed by atoms with van der Waals surface area (Å²) in [6.07, 6.45) is 3.41. The minimum absolute atomic E-state index is 0.0616. The second kappa shape index (κ2) is 7.91. The molecule has 0 atom stereocenters. The van der Waals surface area contributed by atoms with Crippen molar-refractivity contribution in [1.29, 1.82) is 0 Å². The Labute approximate surface area is 183 Å². The molecule has 0 bridgehead atoms. The number of nitrogens with one attached hydrogen (secondary N) is 3. The summed E-state index contributed by atoms with van der Waals surface area (Å²) in [5.74, 6) is 0.244. The van der Waals surface area contributed by atoms with Gasteiger partial charge < -0.3 is 10.6 Å². The molecule has 0 aliphatic heterocycles. The molecule has 30 heavy (non-hydrogen) atoms. The van der Waals surface area contributed by atoms with Crippen molar-refractivity contribution in [3.8, 4) is 0 Å². The Bertz CT molecular complexity index is 1210. The molecule has 0 spiro atoms. The molecule has 2 heterocycles. The molecule has 0 saturated carbocycles. The first-order valence-corrected chi connectivity index (χ1v) is 10.4. The predicted octanol–water partition coefficient (Wildman–Crippen LogP) is 6.01. The van der Waals surface area contributed by atoms with Gasteiger partial charge in [-0.15, -0.1) is 0 Å². The van der Waals surface area contributed by atoms with Crippen LogP contribution in [0.3, 0.4) is 0 Å². The quantitative estimate of drug-likeness (QED) is 0.345. The molecule has 4 aromatic rings. The molecule has 0 fully saturated rings. The van der Waals surface area contributed by atoms with E-state index < -0.39 is 0 Å². The summed E-state index contributed by atoms with van der Waals surface area (Å²) >= 11 is 3.59. The summed E-state index contributed by atoms with van der Waals surface area (Å²) in [4.78, 5) is 17.3. The lowest BCUT2D eigenvalue weighted by Crippen LogP contribution is -2.15. The number of hydrogen-bond donors (Lipinski definition) is 3. The van der Waals surface area contributed by atoms with Crippen LogP contribution in [0.5, 0.6) is 0 Å². The Hall–Kier alpha value is -3.19. The summed E-state index contributed by atoms with van der Waals surface area (Å²) < 4.78 is 0.826. The minimum atomic E-state index is -0.229. The largest absolute Gasteiger partial charge is 0.339 e. The number of pyridine rings is 1. The first-order valence-electron chi connectivity index (χ1n) is 9.58. The van der Waals surface area contributed by atoms with E-state index in [-0.39, 0.29) is 11.3 Å². The number of H-pyrrole nitrogens is 1. The maximum Gasteiger partial charge on any atom is 0.259 e. The van der Waals surface area contributed by atoms with Gasteiger partial charge in [-0.25, -0.2) is 4.98 Å². The third-order valence-corrected chi connectivity index (χ3v) is 5.69. The van der Waals surface area contributed by atoms with E-state index in [4.69, 9.17) is 0 Å². The van der Waals surface area contributed by atoms with Crippen LogP contribution < -0.4 is 10.6 Å². The van der Waals surface area contributed by atoms with Gasteiger partial charge in [0.15, 0.2) is 0 Å². The summed E-state index contributed by atoms with van der Waals surface area (Å²) in [5.41, 5.74) is 4.13. The van der Waals surface area contributed by atoms with E-state index in [0.717, 1.165) is 26.8 Å². The Kier molecular flexibility index (Phi) is 5.30. The smallest absolute Gasteiger partial charge is 0.259 e. The normalized spacial score (nSPS) is 11.5. The molecule has 0 aliphatic rings. The fourth-order valence-corrected chi connectivity index (χ4v) is 3.69. The van der Waals surface area contributed by atoms with Crippen LogP contribution in [0.15, 0.2) is 65.4 Å². The number of fused-ring (bicyclic) bond motifs is 1. The van der Waals surface area contributed by atoms with Crippen LogP contribution in [0.1, 0.15) is 36.7 Å². The van der Waals surface area contributed by atoms with E-state index in [2.05, 4.69) is 62.5 Å². The van der Waals surface area contributed by atoms with Crippen LogP contribution in [0.25, 0.3) is 10.9 Å². The second-order valence-electron chi connectivity index (χ2n) is 8.07. The molecule has 0 radical (unpaired) electrons. The van der Waals surface area contributed by atoms with Crippen molar-refractivity contribution in [2.45, 2.75) is 26.2 Å². The standard InChI is InChI=1S/C23H22BrN5O/c1-23(2,3)15-7-9-16(10-8-15)27-22(30)17-5-4-12-25-21(17)28-18-11-6-14-13-26-29-20(14)19(18)24/h4-13H,1-3H3,(H,25,28)(H,26,29)(H,27,30). The molecule has 0 unspecified atom stereocenters. The van der Waals surface area contributed by atoms with E-state index >= 15 is 0 Å². The highest BCUT2D eigenvalue weighted by Crippen LogP contribution is 2.32. The monoisotopic (exact) mass is 463 g/mol. The van der Waals surface area contributed by atoms with Crippen LogP contribution in [0.2, 0.25) is 0 Å². The van der Waals surface area contributed by atoms with E-state index in [1.54, 1.807) is 24.5 Å². The zero-order valence-corrected chi connectivity index (χ0v) is 18.5. The Morgan fingerprint density at radius 2 is 1.83 bits per heavy atom. The lowest BCUT2D eigenvalue weighted by molar-refractivity contribution is 0.102. The van der Waals surface area contributed by atoms with Gasteiger partial charge in [0.05, 0.1) is 27.4 Å². The van der Waals surface area contributed by atoms with Crippen molar-refractivity contribution in [3.05, 3.63) is 76.5 Å². The molecular formula is C23H22BrN5O. The predicted molar refractivity (Wildman–Crippen MR) is 124 cm³/mol. The van der Waals surface area contributed by atoms with Crippen molar-refractivity contribution >= 4 is 49.9 Å². The van der Waals surface area contributed by atoms with Crippen molar-refractivity contribution in [1.82, 2.24) is 15.2 Å². The Balaban J connectivity index is 1.58. The zero-order valence-electron chi connectivity index (χ0n) is 17.0. The summed E-state index contributed by atoms with van der Waals surface area (Å²) in [6, 6.07) is 15.3. The van der Waals surface area contributed by atoms with E-state index in [1.165, 1.54) is 5.56 Å². The Morgan fingerprint density at radius 3 is 2.57 bits per heavy atom. The SMILES string of the molecule is CC(C)(C)c1ccc(NC(=O)c2cccnc2Nc2ccc3cn[nH]c3c2Br)cc1. The number of nitrogens with zero attached hydrogens (tertiary/aromatic N) is 2. The molecule has 0 aliphatic carbocycles. The third-order valence-electron chi connectivity index (χ3n) is 4.87. The summed E-state index contributed by atoms with van der Waals surface area (Å²) in [7, 11) is 0. The molecular weight excluding hydrogens is 442 g/mol. The number of rotatable bonds is 4. The third kappa shape index (κ3) is 4.07. The second-order valence-corrected chi connectivity index (χ2v) is 8.86. The number of amides is 1. The van der Waals surface area contributed by atoms with Crippen molar-refractivity contribution in [2.75, 3.05) is 10.6 Å². The molecule has 1 amide bonds. The molecule has 6 nitrogen and oxygen atoms in total. The fourth-order valence-electron chi connectivity index (χ4n) is 3.14. The number of aromatic amines is 1. The van der Waals surface area contributed by atoms with Crippen molar-refractivity contribution in [3.63, 3.8) is 0 Å². The number of carbonyl (C=O) groups is 1. The number of benzene rings is 2. The Morgan fingerprint density at radius 1 is 1.07 bits per heavy atom. The summed E-state index contributed by atoms with van der Waals surface area (Å²) in [5, 5.41) is 14.2.